The Kier molecular flexibility index (Phi) is 4.69. The van der Waals surface area contributed by atoms with Crippen LogP contribution in [0.1, 0.15) is 25.8 Å². The molecule has 0 amide bonds. The molecule has 0 bridgehead atoms. The average molecular weight is 213 g/mol. The lowest BCUT2D eigenvalue weighted by Gasteiger charge is -2.10. The maximum atomic E-state index is 12.8. The predicted octanol–water partition coefficient (Wildman–Crippen LogP) is 3.10. The summed E-state index contributed by atoms with van der Waals surface area (Å²) in [6.45, 7) is 5.64. The van der Waals surface area contributed by atoms with E-state index in [0.717, 1.165) is 19.0 Å². The van der Waals surface area contributed by atoms with E-state index >= 15 is 0 Å². The SMILES string of the molecule is CCC(C)CNCc1cc(F)cc(F)c1. The summed E-state index contributed by atoms with van der Waals surface area (Å²) in [5.74, 6) is -0.450. The second-order valence-corrected chi connectivity index (χ2v) is 3.92. The molecule has 0 aliphatic heterocycles. The molecule has 0 saturated heterocycles. The molecule has 1 nitrogen and oxygen atoms in total. The van der Waals surface area contributed by atoms with Crippen molar-refractivity contribution in [3.63, 3.8) is 0 Å². The largest absolute Gasteiger partial charge is 0.312 e. The Morgan fingerprint density at radius 1 is 1.20 bits per heavy atom. The van der Waals surface area contributed by atoms with E-state index in [1.807, 2.05) is 0 Å². The van der Waals surface area contributed by atoms with Gasteiger partial charge < -0.3 is 5.32 Å². The molecule has 1 aromatic rings. The lowest BCUT2D eigenvalue weighted by atomic mass is 10.1. The first-order valence-electron chi connectivity index (χ1n) is 5.27. The van der Waals surface area contributed by atoms with Gasteiger partial charge in [-0.05, 0) is 30.2 Å². The van der Waals surface area contributed by atoms with Crippen LogP contribution in [0.3, 0.4) is 0 Å². The van der Waals surface area contributed by atoms with Crippen LogP contribution >= 0.6 is 0 Å². The molecule has 0 radical (unpaired) electrons. The second-order valence-electron chi connectivity index (χ2n) is 3.92. The number of rotatable bonds is 5. The van der Waals surface area contributed by atoms with E-state index in [4.69, 9.17) is 0 Å². The molecule has 15 heavy (non-hydrogen) atoms. The van der Waals surface area contributed by atoms with Crippen molar-refractivity contribution in [2.24, 2.45) is 5.92 Å². The summed E-state index contributed by atoms with van der Waals surface area (Å²) in [4.78, 5) is 0. The Morgan fingerprint density at radius 2 is 1.80 bits per heavy atom. The molecular formula is C12H17F2N. The van der Waals surface area contributed by atoms with E-state index in [1.54, 1.807) is 0 Å². The van der Waals surface area contributed by atoms with Crippen molar-refractivity contribution < 1.29 is 8.78 Å². The van der Waals surface area contributed by atoms with Crippen LogP contribution in [0.4, 0.5) is 8.78 Å². The zero-order valence-corrected chi connectivity index (χ0v) is 9.19. The Bertz CT molecular complexity index is 292. The summed E-state index contributed by atoms with van der Waals surface area (Å²) < 4.78 is 25.6. The molecule has 0 heterocycles. The third-order valence-electron chi connectivity index (χ3n) is 2.44. The summed E-state index contributed by atoms with van der Waals surface area (Å²) >= 11 is 0. The molecule has 0 aromatic heterocycles. The van der Waals surface area contributed by atoms with E-state index < -0.39 is 11.6 Å². The summed E-state index contributed by atoms with van der Waals surface area (Å²) in [5.41, 5.74) is 0.649. The van der Waals surface area contributed by atoms with E-state index in [0.29, 0.717) is 18.0 Å². The van der Waals surface area contributed by atoms with Gasteiger partial charge in [0, 0.05) is 12.6 Å². The van der Waals surface area contributed by atoms with Gasteiger partial charge in [0.25, 0.3) is 0 Å². The van der Waals surface area contributed by atoms with Crippen LogP contribution in [0, 0.1) is 17.6 Å². The standard InChI is InChI=1S/C12H17F2N/c1-3-9(2)7-15-8-10-4-11(13)6-12(14)5-10/h4-6,9,15H,3,7-8H2,1-2H3. The van der Waals surface area contributed by atoms with Gasteiger partial charge in [-0.15, -0.1) is 0 Å². The van der Waals surface area contributed by atoms with Gasteiger partial charge in [-0.1, -0.05) is 20.3 Å². The monoisotopic (exact) mass is 213 g/mol. The lowest BCUT2D eigenvalue weighted by Crippen LogP contribution is -2.20. The Balaban J connectivity index is 2.43. The van der Waals surface area contributed by atoms with Crippen molar-refractivity contribution in [3.05, 3.63) is 35.4 Å². The Morgan fingerprint density at radius 3 is 2.33 bits per heavy atom. The van der Waals surface area contributed by atoms with Crippen LogP contribution in [0.5, 0.6) is 0 Å². The summed E-state index contributed by atoms with van der Waals surface area (Å²) in [5, 5.41) is 3.17. The van der Waals surface area contributed by atoms with Crippen molar-refractivity contribution in [2.75, 3.05) is 6.54 Å². The fourth-order valence-electron chi connectivity index (χ4n) is 1.32. The number of nitrogens with one attached hydrogen (secondary N) is 1. The van der Waals surface area contributed by atoms with E-state index in [-0.39, 0.29) is 0 Å². The minimum atomic E-state index is -0.518. The first kappa shape index (κ1) is 12.1. The van der Waals surface area contributed by atoms with Crippen LogP contribution in [0.25, 0.3) is 0 Å². The van der Waals surface area contributed by atoms with Gasteiger partial charge >= 0.3 is 0 Å². The summed E-state index contributed by atoms with van der Waals surface area (Å²) in [6, 6.07) is 3.59. The normalized spacial score (nSPS) is 12.8. The second kappa shape index (κ2) is 5.81. The minimum Gasteiger partial charge on any atom is -0.312 e. The van der Waals surface area contributed by atoms with Gasteiger partial charge in [0.15, 0.2) is 0 Å². The van der Waals surface area contributed by atoms with Gasteiger partial charge in [-0.2, -0.15) is 0 Å². The molecule has 1 N–H and O–H groups in total. The van der Waals surface area contributed by atoms with Crippen molar-refractivity contribution in [2.45, 2.75) is 26.8 Å². The average Bonchev–Trinajstić information content (AvgIpc) is 2.16. The van der Waals surface area contributed by atoms with Gasteiger partial charge in [-0.25, -0.2) is 8.78 Å². The van der Waals surface area contributed by atoms with Crippen molar-refractivity contribution >= 4 is 0 Å². The minimum absolute atomic E-state index is 0.513. The molecular weight excluding hydrogens is 196 g/mol. The molecule has 1 atom stereocenters. The molecule has 0 spiro atoms. The molecule has 0 aliphatic rings. The van der Waals surface area contributed by atoms with Crippen LogP contribution in [-0.4, -0.2) is 6.54 Å². The van der Waals surface area contributed by atoms with Gasteiger partial charge in [0.1, 0.15) is 11.6 Å². The van der Waals surface area contributed by atoms with Gasteiger partial charge in [0.05, 0.1) is 0 Å². The number of hydrogen-bond acceptors (Lipinski definition) is 1. The first-order valence-corrected chi connectivity index (χ1v) is 5.27. The number of benzene rings is 1. The number of halogens is 2. The van der Waals surface area contributed by atoms with Crippen molar-refractivity contribution in [3.8, 4) is 0 Å². The van der Waals surface area contributed by atoms with Crippen LogP contribution in [-0.2, 0) is 6.54 Å². The molecule has 0 saturated carbocycles. The maximum Gasteiger partial charge on any atom is 0.126 e. The van der Waals surface area contributed by atoms with Crippen molar-refractivity contribution in [1.29, 1.82) is 0 Å². The fourth-order valence-corrected chi connectivity index (χ4v) is 1.32. The molecule has 1 unspecified atom stereocenters. The van der Waals surface area contributed by atoms with Gasteiger partial charge in [0.2, 0.25) is 0 Å². The zero-order valence-electron chi connectivity index (χ0n) is 9.19. The maximum absolute atomic E-state index is 12.8. The molecule has 0 fully saturated rings. The fraction of sp³-hybridized carbons (Fsp3) is 0.500. The Labute approximate surface area is 89.5 Å². The first-order chi connectivity index (χ1) is 7.11. The quantitative estimate of drug-likeness (QED) is 0.792. The predicted molar refractivity (Wildman–Crippen MR) is 57.5 cm³/mol. The topological polar surface area (TPSA) is 12.0 Å². The Hall–Kier alpha value is -0.960. The highest BCUT2D eigenvalue weighted by Crippen LogP contribution is 2.08. The van der Waals surface area contributed by atoms with Crippen LogP contribution in [0.2, 0.25) is 0 Å². The van der Waals surface area contributed by atoms with Gasteiger partial charge in [-0.3, -0.25) is 0 Å². The van der Waals surface area contributed by atoms with E-state index in [9.17, 15) is 8.78 Å². The molecule has 1 rings (SSSR count). The molecule has 1 aromatic carbocycles. The molecule has 0 aliphatic carbocycles. The van der Waals surface area contributed by atoms with E-state index in [1.165, 1.54) is 12.1 Å². The van der Waals surface area contributed by atoms with Crippen LogP contribution in [0.15, 0.2) is 18.2 Å². The van der Waals surface area contributed by atoms with E-state index in [2.05, 4.69) is 19.2 Å². The molecule has 84 valence electrons. The summed E-state index contributed by atoms with van der Waals surface area (Å²) in [7, 11) is 0. The highest BCUT2D eigenvalue weighted by Gasteiger charge is 2.01. The third-order valence-corrected chi connectivity index (χ3v) is 2.44. The number of hydrogen-bond donors (Lipinski definition) is 1. The molecule has 3 heteroatoms. The van der Waals surface area contributed by atoms with Crippen LogP contribution < -0.4 is 5.32 Å². The summed E-state index contributed by atoms with van der Waals surface area (Å²) in [6.07, 6.45) is 1.10. The third kappa shape index (κ3) is 4.38. The highest BCUT2D eigenvalue weighted by atomic mass is 19.1. The highest BCUT2D eigenvalue weighted by molar-refractivity contribution is 5.17. The van der Waals surface area contributed by atoms with Crippen molar-refractivity contribution in [1.82, 2.24) is 5.32 Å². The smallest absolute Gasteiger partial charge is 0.126 e. The zero-order chi connectivity index (χ0) is 11.3. The lowest BCUT2D eigenvalue weighted by molar-refractivity contribution is 0.497.